The molecule has 0 aliphatic heterocycles. The van der Waals surface area contributed by atoms with Crippen LogP contribution in [0.15, 0.2) is 53.6 Å². The van der Waals surface area contributed by atoms with Gasteiger partial charge in [-0.3, -0.25) is 14.4 Å². The lowest BCUT2D eigenvalue weighted by atomic mass is 10.1. The summed E-state index contributed by atoms with van der Waals surface area (Å²) in [4.78, 5) is 35.1. The molecular formula is C21H23FN4O4. The molecule has 0 atom stereocenters. The van der Waals surface area contributed by atoms with E-state index >= 15 is 0 Å². The molecule has 0 aliphatic carbocycles. The van der Waals surface area contributed by atoms with Gasteiger partial charge < -0.3 is 15.4 Å². The molecule has 0 heterocycles. The second-order valence-electron chi connectivity index (χ2n) is 7.32. The first kappa shape index (κ1) is 22.5. The first-order valence-electron chi connectivity index (χ1n) is 9.06. The van der Waals surface area contributed by atoms with Gasteiger partial charge in [0.05, 0.1) is 6.21 Å². The number of carbonyl (C=O) groups is 3. The van der Waals surface area contributed by atoms with Gasteiger partial charge in [-0.25, -0.2) is 9.82 Å². The molecule has 0 radical (unpaired) electrons. The molecule has 2 aromatic carbocycles. The summed E-state index contributed by atoms with van der Waals surface area (Å²) in [6.45, 7) is 5.07. The molecule has 3 amide bonds. The Bertz CT molecular complexity index is 920. The Morgan fingerprint density at radius 3 is 2.23 bits per heavy atom. The number of anilines is 1. The van der Waals surface area contributed by atoms with E-state index in [1.807, 2.05) is 0 Å². The summed E-state index contributed by atoms with van der Waals surface area (Å²) >= 11 is 0. The van der Waals surface area contributed by atoms with Crippen molar-refractivity contribution in [2.75, 3.05) is 11.9 Å². The van der Waals surface area contributed by atoms with Crippen LogP contribution < -0.4 is 20.8 Å². The highest BCUT2D eigenvalue weighted by Gasteiger charge is 2.19. The van der Waals surface area contributed by atoms with Crippen molar-refractivity contribution in [2.45, 2.75) is 26.3 Å². The van der Waals surface area contributed by atoms with Gasteiger partial charge in [-0.2, -0.15) is 5.10 Å². The summed E-state index contributed by atoms with van der Waals surface area (Å²) in [5, 5.41) is 8.85. The smallest absolute Gasteiger partial charge is 0.329 e. The van der Waals surface area contributed by atoms with Gasteiger partial charge in [0.15, 0.2) is 6.61 Å². The number of rotatable bonds is 6. The van der Waals surface area contributed by atoms with Crippen molar-refractivity contribution < 1.29 is 23.5 Å². The molecule has 3 N–H and O–H groups in total. The topological polar surface area (TPSA) is 109 Å². The van der Waals surface area contributed by atoms with Crippen molar-refractivity contribution in [1.82, 2.24) is 10.7 Å². The minimum absolute atomic E-state index is 0.218. The highest BCUT2D eigenvalue weighted by Crippen LogP contribution is 2.12. The second kappa shape index (κ2) is 10.1. The Hall–Kier alpha value is -3.75. The lowest BCUT2D eigenvalue weighted by molar-refractivity contribution is -0.140. The largest absolute Gasteiger partial charge is 0.484 e. The van der Waals surface area contributed by atoms with Crippen molar-refractivity contribution in [2.24, 2.45) is 5.10 Å². The average molecular weight is 414 g/mol. The van der Waals surface area contributed by atoms with Gasteiger partial charge in [0, 0.05) is 11.2 Å². The molecule has 2 rings (SSSR count). The quantitative estimate of drug-likeness (QED) is 0.382. The number of ether oxygens (including phenoxy) is 1. The number of hydrogen-bond donors (Lipinski definition) is 3. The van der Waals surface area contributed by atoms with Gasteiger partial charge in [0.25, 0.3) is 5.91 Å². The lowest BCUT2D eigenvalue weighted by Gasteiger charge is -2.19. The molecule has 2 aromatic rings. The van der Waals surface area contributed by atoms with Gasteiger partial charge in [-0.1, -0.05) is 0 Å². The maximum absolute atomic E-state index is 12.9. The zero-order valence-corrected chi connectivity index (χ0v) is 16.9. The van der Waals surface area contributed by atoms with Gasteiger partial charge >= 0.3 is 11.8 Å². The third-order valence-electron chi connectivity index (χ3n) is 3.45. The standard InChI is InChI=1S/C21H23FN4O4/c1-21(2,3)25-19(28)20(29)26-23-12-14-4-10-17(11-5-14)30-13-18(27)24-16-8-6-15(22)7-9-16/h4-12H,13H2,1-3H3,(H,24,27)(H,25,28)(H,26,29)/b23-12-. The summed E-state index contributed by atoms with van der Waals surface area (Å²) in [7, 11) is 0. The lowest BCUT2D eigenvalue weighted by Crippen LogP contribution is -2.47. The van der Waals surface area contributed by atoms with Gasteiger partial charge in [-0.15, -0.1) is 0 Å². The van der Waals surface area contributed by atoms with Crippen LogP contribution in [-0.2, 0) is 14.4 Å². The number of halogens is 1. The van der Waals surface area contributed by atoms with Crippen LogP contribution in [0.2, 0.25) is 0 Å². The monoisotopic (exact) mass is 414 g/mol. The average Bonchev–Trinajstić information content (AvgIpc) is 2.68. The fourth-order valence-electron chi connectivity index (χ4n) is 2.14. The van der Waals surface area contributed by atoms with Gasteiger partial charge in [0.1, 0.15) is 11.6 Å². The number of hydrazone groups is 1. The minimum atomic E-state index is -0.867. The molecule has 0 spiro atoms. The number of hydrogen-bond acceptors (Lipinski definition) is 5. The van der Waals surface area contributed by atoms with Crippen LogP contribution in [0.4, 0.5) is 10.1 Å². The van der Waals surface area contributed by atoms with Crippen LogP contribution in [-0.4, -0.2) is 36.1 Å². The number of carbonyl (C=O) groups excluding carboxylic acids is 3. The molecular weight excluding hydrogens is 391 g/mol. The number of amides is 3. The first-order chi connectivity index (χ1) is 14.1. The summed E-state index contributed by atoms with van der Waals surface area (Å²) in [6.07, 6.45) is 1.37. The highest BCUT2D eigenvalue weighted by molar-refractivity contribution is 6.35. The predicted octanol–water partition coefficient (Wildman–Crippen LogP) is 2.21. The summed E-state index contributed by atoms with van der Waals surface area (Å²) in [6, 6.07) is 12.0. The zero-order valence-electron chi connectivity index (χ0n) is 16.9. The maximum atomic E-state index is 12.9. The normalized spacial score (nSPS) is 11.1. The van der Waals surface area contributed by atoms with Crippen LogP contribution in [0.5, 0.6) is 5.75 Å². The first-order valence-corrected chi connectivity index (χ1v) is 9.06. The fourth-order valence-corrected chi connectivity index (χ4v) is 2.14. The molecule has 0 unspecified atom stereocenters. The molecule has 0 bridgehead atoms. The van der Waals surface area contributed by atoms with E-state index in [1.165, 1.54) is 30.5 Å². The summed E-state index contributed by atoms with van der Waals surface area (Å²) < 4.78 is 18.2. The summed E-state index contributed by atoms with van der Waals surface area (Å²) in [5.41, 5.74) is 2.74. The fraction of sp³-hybridized carbons (Fsp3) is 0.238. The van der Waals surface area contributed by atoms with E-state index in [1.54, 1.807) is 45.0 Å². The maximum Gasteiger partial charge on any atom is 0.329 e. The third kappa shape index (κ3) is 8.09. The molecule has 0 aliphatic rings. The number of nitrogens with one attached hydrogen (secondary N) is 3. The molecule has 8 nitrogen and oxygen atoms in total. The Labute approximate surface area is 173 Å². The SMILES string of the molecule is CC(C)(C)NC(=O)C(=O)N/N=C\c1ccc(OCC(=O)Nc2ccc(F)cc2)cc1. The number of nitrogens with zero attached hydrogens (tertiary/aromatic N) is 1. The van der Waals surface area contributed by atoms with E-state index in [0.29, 0.717) is 17.0 Å². The molecule has 9 heteroatoms. The van der Waals surface area contributed by atoms with Crippen molar-refractivity contribution in [3.05, 3.63) is 59.9 Å². The minimum Gasteiger partial charge on any atom is -0.484 e. The second-order valence-corrected chi connectivity index (χ2v) is 7.32. The van der Waals surface area contributed by atoms with E-state index in [9.17, 15) is 18.8 Å². The third-order valence-corrected chi connectivity index (χ3v) is 3.45. The molecule has 0 saturated heterocycles. The van der Waals surface area contributed by atoms with Crippen LogP contribution in [0, 0.1) is 5.82 Å². The van der Waals surface area contributed by atoms with Crippen molar-refractivity contribution in [1.29, 1.82) is 0 Å². The van der Waals surface area contributed by atoms with Crippen molar-refractivity contribution >= 4 is 29.6 Å². The number of benzene rings is 2. The van der Waals surface area contributed by atoms with E-state index in [0.717, 1.165) is 0 Å². The van der Waals surface area contributed by atoms with Crippen molar-refractivity contribution in [3.8, 4) is 5.75 Å². The molecule has 0 saturated carbocycles. The Kier molecular flexibility index (Phi) is 7.62. The van der Waals surface area contributed by atoms with E-state index in [-0.39, 0.29) is 18.3 Å². The van der Waals surface area contributed by atoms with Crippen LogP contribution in [0.3, 0.4) is 0 Å². The molecule has 0 fully saturated rings. The van der Waals surface area contributed by atoms with E-state index in [2.05, 4.69) is 21.2 Å². The van der Waals surface area contributed by atoms with Gasteiger partial charge in [0.2, 0.25) is 0 Å². The van der Waals surface area contributed by atoms with E-state index < -0.39 is 17.4 Å². The molecule has 30 heavy (non-hydrogen) atoms. The molecule has 158 valence electrons. The van der Waals surface area contributed by atoms with Crippen LogP contribution in [0.25, 0.3) is 0 Å². The molecule has 0 aromatic heterocycles. The Morgan fingerprint density at radius 2 is 1.63 bits per heavy atom. The Morgan fingerprint density at radius 1 is 1.00 bits per heavy atom. The van der Waals surface area contributed by atoms with Gasteiger partial charge in [-0.05, 0) is 74.9 Å². The zero-order chi connectivity index (χ0) is 22.1. The van der Waals surface area contributed by atoms with E-state index in [4.69, 9.17) is 4.74 Å². The Balaban J connectivity index is 1.78. The summed E-state index contributed by atoms with van der Waals surface area (Å²) in [5.74, 6) is -1.96. The van der Waals surface area contributed by atoms with Crippen LogP contribution >= 0.6 is 0 Å². The predicted molar refractivity (Wildman–Crippen MR) is 111 cm³/mol. The highest BCUT2D eigenvalue weighted by atomic mass is 19.1. The van der Waals surface area contributed by atoms with Crippen molar-refractivity contribution in [3.63, 3.8) is 0 Å². The van der Waals surface area contributed by atoms with Crippen LogP contribution in [0.1, 0.15) is 26.3 Å².